The van der Waals surface area contributed by atoms with Gasteiger partial charge in [0.15, 0.2) is 5.69 Å². The van der Waals surface area contributed by atoms with Gasteiger partial charge in [0.05, 0.1) is 6.20 Å². The molecule has 0 unspecified atom stereocenters. The van der Waals surface area contributed by atoms with Gasteiger partial charge in [-0.25, -0.2) is 4.98 Å². The van der Waals surface area contributed by atoms with E-state index in [0.717, 1.165) is 30.6 Å². The molecule has 1 fully saturated rings. The van der Waals surface area contributed by atoms with Gasteiger partial charge in [-0.3, -0.25) is 4.79 Å². The first kappa shape index (κ1) is 17.7. The molecule has 1 aliphatic heterocycles. The summed E-state index contributed by atoms with van der Waals surface area (Å²) in [5.74, 6) is 1.19. The molecule has 1 atom stereocenters. The van der Waals surface area contributed by atoms with Gasteiger partial charge in [0, 0.05) is 24.2 Å². The minimum Gasteiger partial charge on any atom is -0.443 e. The third-order valence-electron chi connectivity index (χ3n) is 4.68. The highest BCUT2D eigenvalue weighted by Gasteiger charge is 2.32. The van der Waals surface area contributed by atoms with E-state index in [9.17, 15) is 4.79 Å². The number of likely N-dealkylation sites (tertiary alicyclic amines) is 1. The summed E-state index contributed by atoms with van der Waals surface area (Å²) in [6.07, 6.45) is 6.71. The highest BCUT2D eigenvalue weighted by molar-refractivity contribution is 6.30. The maximum absolute atomic E-state index is 12.9. The summed E-state index contributed by atoms with van der Waals surface area (Å²) >= 11 is 6.05. The van der Waals surface area contributed by atoms with Crippen LogP contribution < -0.4 is 0 Å². The Kier molecular flexibility index (Phi) is 5.16. The lowest BCUT2D eigenvalue weighted by Gasteiger charge is -2.33. The van der Waals surface area contributed by atoms with Gasteiger partial charge in [-0.15, -0.1) is 5.10 Å². The van der Waals surface area contributed by atoms with Crippen LogP contribution in [-0.4, -0.2) is 32.5 Å². The number of rotatable bonds is 4. The van der Waals surface area contributed by atoms with E-state index in [0.29, 0.717) is 29.6 Å². The quantitative estimate of drug-likeness (QED) is 0.679. The molecule has 3 heterocycles. The fraction of sp³-hybridized carbons (Fsp3) is 0.300. The smallest absolute Gasteiger partial charge is 0.275 e. The predicted octanol–water partition coefficient (Wildman–Crippen LogP) is 4.08. The van der Waals surface area contributed by atoms with Crippen LogP contribution >= 0.6 is 11.6 Å². The van der Waals surface area contributed by atoms with Gasteiger partial charge in [-0.1, -0.05) is 23.7 Å². The van der Waals surface area contributed by atoms with Crippen LogP contribution in [0, 0.1) is 0 Å². The van der Waals surface area contributed by atoms with Crippen molar-refractivity contribution in [2.45, 2.75) is 31.7 Å². The van der Waals surface area contributed by atoms with Crippen LogP contribution in [0.4, 0.5) is 0 Å². The molecule has 138 valence electrons. The Morgan fingerprint density at radius 2 is 2.19 bits per heavy atom. The van der Waals surface area contributed by atoms with E-state index in [1.54, 1.807) is 29.4 Å². The molecule has 0 radical (unpaired) electrons. The summed E-state index contributed by atoms with van der Waals surface area (Å²) in [5, 5.41) is 8.45. The van der Waals surface area contributed by atoms with Crippen molar-refractivity contribution in [1.82, 2.24) is 20.1 Å². The van der Waals surface area contributed by atoms with Gasteiger partial charge in [0.2, 0.25) is 5.89 Å². The van der Waals surface area contributed by atoms with Crippen molar-refractivity contribution in [3.8, 4) is 0 Å². The molecule has 1 saturated heterocycles. The van der Waals surface area contributed by atoms with E-state index >= 15 is 0 Å². The average Bonchev–Trinajstić information content (AvgIpc) is 3.16. The topological polar surface area (TPSA) is 72.1 Å². The first-order chi connectivity index (χ1) is 13.2. The van der Waals surface area contributed by atoms with Crippen LogP contribution in [0.25, 0.3) is 0 Å². The van der Waals surface area contributed by atoms with Crippen molar-refractivity contribution in [3.05, 3.63) is 76.7 Å². The molecule has 0 saturated carbocycles. The lowest BCUT2D eigenvalue weighted by atomic mass is 10.0. The molecule has 0 bridgehead atoms. The summed E-state index contributed by atoms with van der Waals surface area (Å²) in [7, 11) is 0. The molecule has 1 aliphatic rings. The number of amides is 1. The van der Waals surface area contributed by atoms with Crippen molar-refractivity contribution in [1.29, 1.82) is 0 Å². The zero-order valence-electron chi connectivity index (χ0n) is 14.7. The molecule has 0 aliphatic carbocycles. The zero-order valence-corrected chi connectivity index (χ0v) is 15.5. The summed E-state index contributed by atoms with van der Waals surface area (Å²) < 4.78 is 6.00. The molecular weight excluding hydrogens is 364 g/mol. The fourth-order valence-corrected chi connectivity index (χ4v) is 3.61. The Morgan fingerprint density at radius 3 is 3.00 bits per heavy atom. The van der Waals surface area contributed by atoms with Crippen molar-refractivity contribution >= 4 is 17.5 Å². The van der Waals surface area contributed by atoms with Gasteiger partial charge in [-0.2, -0.15) is 5.10 Å². The number of aromatic nitrogens is 3. The van der Waals surface area contributed by atoms with Gasteiger partial charge >= 0.3 is 0 Å². The van der Waals surface area contributed by atoms with Gasteiger partial charge < -0.3 is 9.32 Å². The number of hydrogen-bond donors (Lipinski definition) is 0. The lowest BCUT2D eigenvalue weighted by molar-refractivity contribution is 0.0562. The van der Waals surface area contributed by atoms with Crippen molar-refractivity contribution in [2.75, 3.05) is 6.54 Å². The Bertz CT molecular complexity index is 928. The number of hydrogen-bond acceptors (Lipinski definition) is 5. The molecule has 0 N–H and O–H groups in total. The molecule has 1 aromatic carbocycles. The number of carbonyl (C=O) groups is 1. The summed E-state index contributed by atoms with van der Waals surface area (Å²) in [4.78, 5) is 19.1. The highest BCUT2D eigenvalue weighted by atomic mass is 35.5. The van der Waals surface area contributed by atoms with Crippen LogP contribution in [0.3, 0.4) is 0 Å². The molecule has 2 aromatic heterocycles. The molecule has 0 spiro atoms. The SMILES string of the molecule is O=C(c1cccnn1)N1CCCC[C@@H]1c1ncc(Cc2cccc(Cl)c2)o1. The number of benzene rings is 1. The zero-order chi connectivity index (χ0) is 18.6. The molecular formula is C20H19ClN4O2. The molecule has 27 heavy (non-hydrogen) atoms. The predicted molar refractivity (Wildman–Crippen MR) is 100 cm³/mol. The van der Waals surface area contributed by atoms with E-state index in [2.05, 4.69) is 15.2 Å². The number of piperidine rings is 1. The second kappa shape index (κ2) is 7.88. The Hall–Kier alpha value is -2.73. The van der Waals surface area contributed by atoms with Crippen molar-refractivity contribution in [2.24, 2.45) is 0 Å². The van der Waals surface area contributed by atoms with Gasteiger partial charge in [0.25, 0.3) is 5.91 Å². The monoisotopic (exact) mass is 382 g/mol. The first-order valence-electron chi connectivity index (χ1n) is 8.98. The standard InChI is InChI=1S/C20H19ClN4O2/c21-15-6-3-5-14(11-15)12-16-13-22-19(27-16)18-8-1-2-10-25(18)20(26)17-7-4-9-23-24-17/h3-7,9,11,13,18H,1-2,8,10,12H2/t18-/m1/s1. The first-order valence-corrected chi connectivity index (χ1v) is 9.36. The van der Waals surface area contributed by atoms with E-state index in [4.69, 9.17) is 16.0 Å². The second-order valence-corrected chi connectivity index (χ2v) is 7.03. The van der Waals surface area contributed by atoms with Crippen LogP contribution in [0.2, 0.25) is 5.02 Å². The van der Waals surface area contributed by atoms with Gasteiger partial charge in [0.1, 0.15) is 11.8 Å². The second-order valence-electron chi connectivity index (χ2n) is 6.59. The van der Waals surface area contributed by atoms with Crippen LogP contribution in [-0.2, 0) is 6.42 Å². The lowest BCUT2D eigenvalue weighted by Crippen LogP contribution is -2.39. The number of oxazole rings is 1. The van der Waals surface area contributed by atoms with Crippen LogP contribution in [0.5, 0.6) is 0 Å². The number of halogens is 1. The largest absolute Gasteiger partial charge is 0.443 e. The van der Waals surface area contributed by atoms with E-state index in [-0.39, 0.29) is 11.9 Å². The highest BCUT2D eigenvalue weighted by Crippen LogP contribution is 2.32. The van der Waals surface area contributed by atoms with Crippen molar-refractivity contribution in [3.63, 3.8) is 0 Å². The molecule has 6 nitrogen and oxygen atoms in total. The minimum atomic E-state index is -0.179. The summed E-state index contributed by atoms with van der Waals surface area (Å²) in [6, 6.07) is 10.9. The molecule has 1 amide bonds. The van der Waals surface area contributed by atoms with E-state index in [1.165, 1.54) is 0 Å². The van der Waals surface area contributed by atoms with Gasteiger partial charge in [-0.05, 0) is 49.1 Å². The Morgan fingerprint density at radius 1 is 1.26 bits per heavy atom. The normalized spacial score (nSPS) is 17.1. The third kappa shape index (κ3) is 4.01. The minimum absolute atomic E-state index is 0.137. The number of carbonyl (C=O) groups excluding carboxylic acids is 1. The van der Waals surface area contributed by atoms with Crippen LogP contribution in [0.15, 0.2) is 53.2 Å². The Labute approximate surface area is 162 Å². The molecule has 4 rings (SSSR count). The van der Waals surface area contributed by atoms with E-state index < -0.39 is 0 Å². The Balaban J connectivity index is 1.54. The van der Waals surface area contributed by atoms with Crippen LogP contribution in [0.1, 0.15) is 53.0 Å². The maximum Gasteiger partial charge on any atom is 0.275 e. The molecule has 7 heteroatoms. The fourth-order valence-electron chi connectivity index (χ4n) is 3.40. The molecule has 3 aromatic rings. The summed E-state index contributed by atoms with van der Waals surface area (Å²) in [6.45, 7) is 0.659. The van der Waals surface area contributed by atoms with Crippen molar-refractivity contribution < 1.29 is 9.21 Å². The summed E-state index contributed by atoms with van der Waals surface area (Å²) in [5.41, 5.74) is 1.40. The van der Waals surface area contributed by atoms with E-state index in [1.807, 2.05) is 24.3 Å². The maximum atomic E-state index is 12.9. The average molecular weight is 383 g/mol. The third-order valence-corrected chi connectivity index (χ3v) is 4.91. The number of nitrogens with zero attached hydrogens (tertiary/aromatic N) is 4.